The summed E-state index contributed by atoms with van der Waals surface area (Å²) in [6.45, 7) is 4.32. The lowest BCUT2D eigenvalue weighted by Gasteiger charge is -2.14. The second kappa shape index (κ2) is 8.33. The Morgan fingerprint density at radius 3 is 2.35 bits per heavy atom. The van der Waals surface area contributed by atoms with Crippen LogP contribution in [0.4, 0.5) is 5.69 Å². The third kappa shape index (κ3) is 4.83. The molecule has 2 aromatic carbocycles. The average molecular weight is 376 g/mol. The normalized spacial score (nSPS) is 11.4. The highest BCUT2D eigenvalue weighted by Crippen LogP contribution is 2.22. The van der Waals surface area contributed by atoms with Gasteiger partial charge in [0.15, 0.2) is 0 Å². The van der Waals surface area contributed by atoms with Gasteiger partial charge in [0.1, 0.15) is 5.75 Å². The molecular formula is C19H24N2O4S. The standard InChI is InChI=1S/C19H24N2O4S/c1-5-25-16-9-7-15(8-10-16)12-19(22)20-18-13-17(11-6-14(18)2)26(23,24)21(3)4/h6-11,13H,5,12H2,1-4H3,(H,20,22). The van der Waals surface area contributed by atoms with Crippen molar-refractivity contribution in [2.75, 3.05) is 26.0 Å². The fourth-order valence-electron chi connectivity index (χ4n) is 2.36. The van der Waals surface area contributed by atoms with Crippen molar-refractivity contribution >= 4 is 21.6 Å². The Morgan fingerprint density at radius 2 is 1.77 bits per heavy atom. The van der Waals surface area contributed by atoms with Gasteiger partial charge in [-0.25, -0.2) is 12.7 Å². The van der Waals surface area contributed by atoms with Gasteiger partial charge in [0, 0.05) is 19.8 Å². The average Bonchev–Trinajstić information content (AvgIpc) is 2.58. The number of sulfonamides is 1. The molecule has 0 aliphatic heterocycles. The first kappa shape index (κ1) is 19.9. The first-order valence-corrected chi connectivity index (χ1v) is 9.73. The van der Waals surface area contributed by atoms with Crippen LogP contribution in [0.5, 0.6) is 5.75 Å². The lowest BCUT2D eigenvalue weighted by atomic mass is 10.1. The number of rotatable bonds is 7. The molecule has 0 fully saturated rings. The largest absolute Gasteiger partial charge is 0.494 e. The molecule has 0 atom stereocenters. The van der Waals surface area contributed by atoms with E-state index in [1.807, 2.05) is 38.1 Å². The summed E-state index contributed by atoms with van der Waals surface area (Å²) < 4.78 is 31.0. The van der Waals surface area contributed by atoms with E-state index < -0.39 is 10.0 Å². The van der Waals surface area contributed by atoms with Crippen molar-refractivity contribution in [3.63, 3.8) is 0 Å². The summed E-state index contributed by atoms with van der Waals surface area (Å²) in [7, 11) is -0.610. The maximum Gasteiger partial charge on any atom is 0.242 e. The van der Waals surface area contributed by atoms with Crippen LogP contribution in [0.3, 0.4) is 0 Å². The lowest BCUT2D eigenvalue weighted by Crippen LogP contribution is -2.22. The number of benzene rings is 2. The second-order valence-corrected chi connectivity index (χ2v) is 8.22. The molecular weight excluding hydrogens is 352 g/mol. The van der Waals surface area contributed by atoms with Crippen LogP contribution in [0.25, 0.3) is 0 Å². The molecule has 1 amide bonds. The Bertz CT molecular complexity index is 875. The van der Waals surface area contributed by atoms with Crippen molar-refractivity contribution < 1.29 is 17.9 Å². The predicted molar refractivity (Wildman–Crippen MR) is 102 cm³/mol. The fraction of sp³-hybridized carbons (Fsp3) is 0.316. The van der Waals surface area contributed by atoms with Crippen LogP contribution in [0.1, 0.15) is 18.1 Å². The summed E-state index contributed by atoms with van der Waals surface area (Å²) in [6, 6.07) is 12.0. The summed E-state index contributed by atoms with van der Waals surface area (Å²) in [5.74, 6) is 0.547. The van der Waals surface area contributed by atoms with Crippen LogP contribution in [0, 0.1) is 6.92 Å². The highest BCUT2D eigenvalue weighted by atomic mass is 32.2. The zero-order valence-electron chi connectivity index (χ0n) is 15.4. The number of ether oxygens (including phenoxy) is 1. The van der Waals surface area contributed by atoms with Gasteiger partial charge in [-0.2, -0.15) is 0 Å². The number of aryl methyl sites for hydroxylation is 1. The molecule has 0 aliphatic rings. The molecule has 6 nitrogen and oxygen atoms in total. The van der Waals surface area contributed by atoms with E-state index in [0.717, 1.165) is 21.2 Å². The second-order valence-electron chi connectivity index (χ2n) is 6.07. The monoisotopic (exact) mass is 376 g/mol. The van der Waals surface area contributed by atoms with Crippen LogP contribution in [-0.2, 0) is 21.2 Å². The third-order valence-electron chi connectivity index (χ3n) is 3.86. The number of nitrogens with zero attached hydrogens (tertiary/aromatic N) is 1. The van der Waals surface area contributed by atoms with E-state index in [4.69, 9.17) is 4.74 Å². The number of nitrogens with one attached hydrogen (secondary N) is 1. The highest BCUT2D eigenvalue weighted by Gasteiger charge is 2.18. The summed E-state index contributed by atoms with van der Waals surface area (Å²) >= 11 is 0. The van der Waals surface area contributed by atoms with Gasteiger partial charge in [-0.15, -0.1) is 0 Å². The molecule has 7 heteroatoms. The minimum Gasteiger partial charge on any atom is -0.494 e. The minimum atomic E-state index is -3.55. The van der Waals surface area contributed by atoms with E-state index in [1.54, 1.807) is 6.07 Å². The van der Waals surface area contributed by atoms with Crippen molar-refractivity contribution in [2.45, 2.75) is 25.2 Å². The molecule has 0 saturated heterocycles. The molecule has 0 saturated carbocycles. The van der Waals surface area contributed by atoms with E-state index in [2.05, 4.69) is 5.32 Å². The third-order valence-corrected chi connectivity index (χ3v) is 5.67. The van der Waals surface area contributed by atoms with Crippen LogP contribution in [0.2, 0.25) is 0 Å². The summed E-state index contributed by atoms with van der Waals surface area (Å²) in [5.41, 5.74) is 2.13. The quantitative estimate of drug-likeness (QED) is 0.806. The Morgan fingerprint density at radius 1 is 1.12 bits per heavy atom. The molecule has 0 spiro atoms. The van der Waals surface area contributed by atoms with Gasteiger partial charge in [0.2, 0.25) is 15.9 Å². The summed E-state index contributed by atoms with van der Waals surface area (Å²) in [6.07, 6.45) is 0.191. The first-order chi connectivity index (χ1) is 12.2. The van der Waals surface area contributed by atoms with Crippen LogP contribution in [-0.4, -0.2) is 39.3 Å². The fourth-order valence-corrected chi connectivity index (χ4v) is 3.29. The van der Waals surface area contributed by atoms with Crippen LogP contribution in [0.15, 0.2) is 47.4 Å². The van der Waals surface area contributed by atoms with Gasteiger partial charge >= 0.3 is 0 Å². The van der Waals surface area contributed by atoms with Crippen molar-refractivity contribution in [1.82, 2.24) is 4.31 Å². The number of hydrogen-bond acceptors (Lipinski definition) is 4. The summed E-state index contributed by atoms with van der Waals surface area (Å²) in [5, 5.41) is 2.80. The minimum absolute atomic E-state index is 0.143. The number of carbonyl (C=O) groups excluding carboxylic acids is 1. The highest BCUT2D eigenvalue weighted by molar-refractivity contribution is 7.89. The Labute approximate surface area is 154 Å². The maximum absolute atomic E-state index is 12.3. The Hall–Kier alpha value is -2.38. The molecule has 0 unspecified atom stereocenters. The van der Waals surface area contributed by atoms with E-state index in [1.165, 1.54) is 26.2 Å². The summed E-state index contributed by atoms with van der Waals surface area (Å²) in [4.78, 5) is 12.5. The van der Waals surface area contributed by atoms with Gasteiger partial charge in [-0.1, -0.05) is 18.2 Å². The van der Waals surface area contributed by atoms with Crippen molar-refractivity contribution in [2.24, 2.45) is 0 Å². The molecule has 0 radical (unpaired) electrons. The molecule has 2 rings (SSSR count). The maximum atomic E-state index is 12.3. The topological polar surface area (TPSA) is 75.7 Å². The van der Waals surface area contributed by atoms with Crippen molar-refractivity contribution in [1.29, 1.82) is 0 Å². The van der Waals surface area contributed by atoms with Gasteiger partial charge in [0.25, 0.3) is 0 Å². The van der Waals surface area contributed by atoms with Crippen LogP contribution < -0.4 is 10.1 Å². The SMILES string of the molecule is CCOc1ccc(CC(=O)Nc2cc(S(=O)(=O)N(C)C)ccc2C)cc1. The molecule has 1 N–H and O–H groups in total. The number of anilines is 1. The number of hydrogen-bond donors (Lipinski definition) is 1. The molecule has 26 heavy (non-hydrogen) atoms. The number of amides is 1. The molecule has 0 bridgehead atoms. The van der Waals surface area contributed by atoms with E-state index in [9.17, 15) is 13.2 Å². The van der Waals surface area contributed by atoms with Crippen molar-refractivity contribution in [3.8, 4) is 5.75 Å². The molecule has 140 valence electrons. The van der Waals surface area contributed by atoms with Gasteiger partial charge in [-0.05, 0) is 49.2 Å². The molecule has 0 aliphatic carbocycles. The zero-order chi connectivity index (χ0) is 19.3. The van der Waals surface area contributed by atoms with Gasteiger partial charge in [-0.3, -0.25) is 4.79 Å². The van der Waals surface area contributed by atoms with Gasteiger partial charge in [0.05, 0.1) is 17.9 Å². The lowest BCUT2D eigenvalue weighted by molar-refractivity contribution is -0.115. The zero-order valence-corrected chi connectivity index (χ0v) is 16.3. The number of carbonyl (C=O) groups is 1. The first-order valence-electron chi connectivity index (χ1n) is 8.28. The molecule has 0 heterocycles. The Balaban J connectivity index is 2.13. The van der Waals surface area contributed by atoms with E-state index in [-0.39, 0.29) is 17.2 Å². The van der Waals surface area contributed by atoms with E-state index >= 15 is 0 Å². The predicted octanol–water partition coefficient (Wildman–Crippen LogP) is 2.83. The van der Waals surface area contributed by atoms with Gasteiger partial charge < -0.3 is 10.1 Å². The van der Waals surface area contributed by atoms with Crippen LogP contribution >= 0.6 is 0 Å². The smallest absolute Gasteiger partial charge is 0.242 e. The molecule has 2 aromatic rings. The van der Waals surface area contributed by atoms with E-state index in [0.29, 0.717) is 12.3 Å². The Kier molecular flexibility index (Phi) is 6.39. The molecule has 0 aromatic heterocycles. The van der Waals surface area contributed by atoms with Crippen molar-refractivity contribution in [3.05, 3.63) is 53.6 Å².